The van der Waals surface area contributed by atoms with E-state index in [0.29, 0.717) is 16.7 Å². The van der Waals surface area contributed by atoms with E-state index in [9.17, 15) is 18.0 Å². The summed E-state index contributed by atoms with van der Waals surface area (Å²) in [4.78, 5) is 22.4. The van der Waals surface area contributed by atoms with Crippen LogP contribution in [-0.4, -0.2) is 48.0 Å². The first-order valence-corrected chi connectivity index (χ1v) is 9.59. The Bertz CT molecular complexity index is 953. The molecule has 1 saturated heterocycles. The lowest BCUT2D eigenvalue weighted by atomic mass is 9.52. The zero-order chi connectivity index (χ0) is 20.9. The number of carbonyl (C=O) groups excluding carboxylic acids is 1. The highest BCUT2D eigenvalue weighted by Gasteiger charge is 2.60. The van der Waals surface area contributed by atoms with Crippen LogP contribution in [0, 0.1) is 17.2 Å². The minimum atomic E-state index is -3.03. The number of carbonyl (C=O) groups is 1. The van der Waals surface area contributed by atoms with Gasteiger partial charge >= 0.3 is 6.43 Å². The van der Waals surface area contributed by atoms with E-state index in [1.165, 1.54) is 19.5 Å². The maximum Gasteiger partial charge on any atom is 0.315 e. The minimum Gasteiger partial charge on any atom is -0.494 e. The zero-order valence-electron chi connectivity index (χ0n) is 16.5. The maximum absolute atomic E-state index is 14.1. The molecule has 9 heteroatoms. The molecule has 0 spiro atoms. The molecule has 4 rings (SSSR count). The zero-order valence-corrected chi connectivity index (χ0v) is 16.5. The second kappa shape index (κ2) is 7.03. The molecular weight excluding hydrogens is 385 g/mol. The second-order valence-corrected chi connectivity index (χ2v) is 8.25. The summed E-state index contributed by atoms with van der Waals surface area (Å²) in [5.41, 5.74) is 0.0342. The van der Waals surface area contributed by atoms with E-state index < -0.39 is 23.6 Å². The number of fused-ring (bicyclic) bond motifs is 2. The number of alkyl halides is 2. The van der Waals surface area contributed by atoms with Crippen LogP contribution in [-0.2, 0) is 4.79 Å². The van der Waals surface area contributed by atoms with Gasteiger partial charge in [-0.2, -0.15) is 8.78 Å². The summed E-state index contributed by atoms with van der Waals surface area (Å²) in [5.74, 6) is -0.924. The topological polar surface area (TPSA) is 67.3 Å². The molecular formula is C20H23F3N4O2. The van der Waals surface area contributed by atoms with Crippen LogP contribution in [0.2, 0.25) is 0 Å². The minimum absolute atomic E-state index is 0.00775. The first-order chi connectivity index (χ1) is 13.8. The Morgan fingerprint density at radius 1 is 1.34 bits per heavy atom. The van der Waals surface area contributed by atoms with Crippen molar-refractivity contribution in [2.24, 2.45) is 11.3 Å². The number of nitrogens with one attached hydrogen (secondary N) is 1. The molecule has 1 aromatic carbocycles. The Morgan fingerprint density at radius 3 is 2.79 bits per heavy atom. The number of anilines is 1. The Morgan fingerprint density at radius 2 is 2.10 bits per heavy atom. The Labute approximate surface area is 166 Å². The summed E-state index contributed by atoms with van der Waals surface area (Å²) in [5, 5.41) is 3.19. The highest BCUT2D eigenvalue weighted by Crippen LogP contribution is 2.53. The number of hydrogen-bond acceptors (Lipinski definition) is 5. The lowest BCUT2D eigenvalue weighted by molar-refractivity contribution is -0.138. The number of hydrogen-bond donors (Lipinski definition) is 1. The summed E-state index contributed by atoms with van der Waals surface area (Å²) in [6.07, 6.45) is 0.0364. The molecule has 3 unspecified atom stereocenters. The molecule has 0 bridgehead atoms. The highest BCUT2D eigenvalue weighted by molar-refractivity contribution is 5.91. The molecule has 2 fully saturated rings. The standard InChI is InChI=1S/C20H23F3N4O2/c1-20(2)15(26-19(28)17(22)23)10-5-4-6-27(16(10)20)18-11-7-14(29-3)12(21)8-13(11)24-9-25-18/h7-10,15-17H,4-6H2,1-3H3,(H,26,28). The van der Waals surface area contributed by atoms with Gasteiger partial charge in [-0.05, 0) is 18.9 Å². The van der Waals surface area contributed by atoms with Crippen LogP contribution in [0.3, 0.4) is 0 Å². The number of rotatable bonds is 4. The van der Waals surface area contributed by atoms with E-state index in [1.807, 2.05) is 13.8 Å². The van der Waals surface area contributed by atoms with Crippen LogP contribution in [0.25, 0.3) is 10.9 Å². The summed E-state index contributed by atoms with van der Waals surface area (Å²) in [6, 6.07) is 2.58. The lowest BCUT2D eigenvalue weighted by Crippen LogP contribution is -2.75. The molecule has 1 aromatic heterocycles. The number of methoxy groups -OCH3 is 1. The number of amides is 1. The molecule has 0 radical (unpaired) electrons. The predicted octanol–water partition coefficient (Wildman–Crippen LogP) is 3.15. The average molecular weight is 408 g/mol. The van der Waals surface area contributed by atoms with E-state index in [2.05, 4.69) is 20.2 Å². The van der Waals surface area contributed by atoms with E-state index in [-0.39, 0.29) is 23.8 Å². The Hall–Kier alpha value is -2.58. The molecule has 3 atom stereocenters. The van der Waals surface area contributed by atoms with Gasteiger partial charge in [0.05, 0.1) is 12.6 Å². The van der Waals surface area contributed by atoms with Crippen molar-refractivity contribution in [1.29, 1.82) is 0 Å². The van der Waals surface area contributed by atoms with Crippen LogP contribution < -0.4 is 15.0 Å². The number of benzene rings is 1. The van der Waals surface area contributed by atoms with Crippen molar-refractivity contribution in [1.82, 2.24) is 15.3 Å². The quantitative estimate of drug-likeness (QED) is 0.842. The van der Waals surface area contributed by atoms with Crippen LogP contribution in [0.15, 0.2) is 18.5 Å². The normalized spacial score (nSPS) is 25.5. The first-order valence-electron chi connectivity index (χ1n) is 9.59. The third-order valence-corrected chi connectivity index (χ3v) is 6.33. The molecule has 156 valence electrons. The van der Waals surface area contributed by atoms with Gasteiger partial charge in [-0.25, -0.2) is 14.4 Å². The van der Waals surface area contributed by atoms with Gasteiger partial charge < -0.3 is 15.0 Å². The van der Waals surface area contributed by atoms with Gasteiger partial charge in [0.1, 0.15) is 12.1 Å². The van der Waals surface area contributed by atoms with Gasteiger partial charge in [-0.1, -0.05) is 13.8 Å². The predicted molar refractivity (Wildman–Crippen MR) is 102 cm³/mol. The van der Waals surface area contributed by atoms with Gasteiger partial charge in [0.2, 0.25) is 0 Å². The van der Waals surface area contributed by atoms with Gasteiger partial charge in [-0.15, -0.1) is 0 Å². The third kappa shape index (κ3) is 3.07. The molecule has 1 N–H and O–H groups in total. The van der Waals surface area contributed by atoms with Crippen molar-refractivity contribution in [3.8, 4) is 5.75 Å². The summed E-state index contributed by atoms with van der Waals surface area (Å²) < 4.78 is 44.7. The molecule has 1 aliphatic carbocycles. The fourth-order valence-electron chi connectivity index (χ4n) is 5.12. The average Bonchev–Trinajstić information content (AvgIpc) is 2.70. The third-order valence-electron chi connectivity index (χ3n) is 6.33. The van der Waals surface area contributed by atoms with Crippen LogP contribution in [0.4, 0.5) is 19.0 Å². The van der Waals surface area contributed by atoms with Crippen LogP contribution in [0.1, 0.15) is 26.7 Å². The van der Waals surface area contributed by atoms with Crippen molar-refractivity contribution in [2.45, 2.75) is 45.2 Å². The fraction of sp³-hybridized carbons (Fsp3) is 0.550. The number of aromatic nitrogens is 2. The second-order valence-electron chi connectivity index (χ2n) is 8.25. The molecule has 1 amide bonds. The van der Waals surface area contributed by atoms with Crippen molar-refractivity contribution < 1.29 is 22.7 Å². The fourth-order valence-corrected chi connectivity index (χ4v) is 5.12. The lowest BCUT2D eigenvalue weighted by Gasteiger charge is -2.64. The van der Waals surface area contributed by atoms with Gasteiger partial charge in [0, 0.05) is 41.4 Å². The van der Waals surface area contributed by atoms with Crippen molar-refractivity contribution >= 4 is 22.6 Å². The molecule has 2 heterocycles. The molecule has 29 heavy (non-hydrogen) atoms. The Balaban J connectivity index is 1.71. The number of halogens is 3. The Kier molecular flexibility index (Phi) is 4.78. The van der Waals surface area contributed by atoms with E-state index in [4.69, 9.17) is 4.74 Å². The van der Waals surface area contributed by atoms with E-state index >= 15 is 0 Å². The molecule has 6 nitrogen and oxygen atoms in total. The monoisotopic (exact) mass is 408 g/mol. The largest absolute Gasteiger partial charge is 0.494 e. The maximum atomic E-state index is 14.1. The van der Waals surface area contributed by atoms with E-state index in [1.54, 1.807) is 6.07 Å². The van der Waals surface area contributed by atoms with Crippen molar-refractivity contribution in [2.75, 3.05) is 18.6 Å². The van der Waals surface area contributed by atoms with Crippen LogP contribution in [0.5, 0.6) is 5.75 Å². The van der Waals surface area contributed by atoms with Gasteiger partial charge in [0.15, 0.2) is 11.6 Å². The van der Waals surface area contributed by atoms with Gasteiger partial charge in [-0.3, -0.25) is 4.79 Å². The molecule has 1 saturated carbocycles. The number of nitrogens with zero attached hydrogens (tertiary/aromatic N) is 3. The number of piperidine rings is 1. The van der Waals surface area contributed by atoms with Gasteiger partial charge in [0.25, 0.3) is 5.91 Å². The van der Waals surface area contributed by atoms with Crippen LogP contribution >= 0.6 is 0 Å². The first kappa shape index (κ1) is 19.7. The van der Waals surface area contributed by atoms with Crippen molar-refractivity contribution in [3.63, 3.8) is 0 Å². The number of ether oxygens (including phenoxy) is 1. The molecule has 2 aliphatic rings. The molecule has 1 aliphatic heterocycles. The summed E-state index contributed by atoms with van der Waals surface area (Å²) in [7, 11) is 1.40. The van der Waals surface area contributed by atoms with Crippen molar-refractivity contribution in [3.05, 3.63) is 24.3 Å². The van der Waals surface area contributed by atoms with E-state index in [0.717, 1.165) is 19.4 Å². The summed E-state index contributed by atoms with van der Waals surface area (Å²) >= 11 is 0. The summed E-state index contributed by atoms with van der Waals surface area (Å²) in [6.45, 7) is 4.66. The molecule has 2 aromatic rings. The smallest absolute Gasteiger partial charge is 0.315 e. The highest BCUT2D eigenvalue weighted by atomic mass is 19.3. The SMILES string of the molecule is COc1cc2c(N3CCCC4C(NC(=O)C(F)F)C(C)(C)C43)ncnc2cc1F.